The molecule has 1 heterocycles. The number of nitrogens with one attached hydrogen (secondary N) is 1. The van der Waals surface area contributed by atoms with E-state index in [2.05, 4.69) is 10.5 Å². The Bertz CT molecular complexity index is 1180. The van der Waals surface area contributed by atoms with Gasteiger partial charge in [-0.05, 0) is 28.8 Å². The van der Waals surface area contributed by atoms with Gasteiger partial charge in [0.2, 0.25) is 11.8 Å². The molecule has 0 spiro atoms. The monoisotopic (exact) mass is 483 g/mol. The molecular weight excluding hydrogens is 454 g/mol. The Morgan fingerprint density at radius 3 is 2.06 bits per heavy atom. The highest BCUT2D eigenvalue weighted by molar-refractivity contribution is 5.91. The minimum Gasteiger partial charge on any atom is -0.508 e. The van der Waals surface area contributed by atoms with Crippen LogP contribution >= 0.6 is 0 Å². The Kier molecular flexibility index (Phi) is 7.09. The van der Waals surface area contributed by atoms with Gasteiger partial charge in [-0.25, -0.2) is 5.43 Å². The van der Waals surface area contributed by atoms with Gasteiger partial charge >= 0.3 is 0 Å². The van der Waals surface area contributed by atoms with Crippen molar-refractivity contribution >= 4 is 18.0 Å². The van der Waals surface area contributed by atoms with Crippen LogP contribution in [0.4, 0.5) is 0 Å². The number of morpholine rings is 1. The number of hydrazone groups is 1. The van der Waals surface area contributed by atoms with Crippen LogP contribution in [-0.2, 0) is 14.3 Å². The third-order valence-corrected chi connectivity index (χ3v) is 7.09. The van der Waals surface area contributed by atoms with Gasteiger partial charge in [-0.2, -0.15) is 5.10 Å². The van der Waals surface area contributed by atoms with Gasteiger partial charge in [-0.1, -0.05) is 72.8 Å². The lowest BCUT2D eigenvalue weighted by Gasteiger charge is -2.52. The van der Waals surface area contributed by atoms with Gasteiger partial charge in [0.1, 0.15) is 5.75 Å². The Labute approximate surface area is 210 Å². The van der Waals surface area contributed by atoms with Crippen molar-refractivity contribution in [3.05, 3.63) is 102 Å². The fourth-order valence-electron chi connectivity index (χ4n) is 5.41. The molecule has 3 aromatic rings. The quantitative estimate of drug-likeness (QED) is 0.415. The average Bonchev–Trinajstić information content (AvgIpc) is 2.90. The number of carbonyl (C=O) groups excluding carboxylic acids is 2. The number of rotatable bonds is 6. The lowest BCUT2D eigenvalue weighted by Crippen LogP contribution is -2.57. The summed E-state index contributed by atoms with van der Waals surface area (Å²) < 4.78 is 5.46. The maximum atomic E-state index is 13.8. The van der Waals surface area contributed by atoms with Crippen molar-refractivity contribution in [1.29, 1.82) is 0 Å². The minimum absolute atomic E-state index is 0.0633. The summed E-state index contributed by atoms with van der Waals surface area (Å²) in [5.74, 6) is -1.43. The summed E-state index contributed by atoms with van der Waals surface area (Å²) in [7, 11) is 0. The molecule has 1 aliphatic heterocycles. The highest BCUT2D eigenvalue weighted by atomic mass is 16.5. The molecule has 0 aromatic heterocycles. The molecule has 2 amide bonds. The number of hydrogen-bond acceptors (Lipinski definition) is 5. The Morgan fingerprint density at radius 1 is 0.861 bits per heavy atom. The molecule has 0 radical (unpaired) electrons. The number of benzene rings is 3. The lowest BCUT2D eigenvalue weighted by molar-refractivity contribution is -0.151. The highest BCUT2D eigenvalue weighted by Crippen LogP contribution is 2.58. The third kappa shape index (κ3) is 4.88. The maximum absolute atomic E-state index is 13.8. The largest absolute Gasteiger partial charge is 0.508 e. The zero-order valence-corrected chi connectivity index (χ0v) is 19.9. The van der Waals surface area contributed by atoms with E-state index in [4.69, 9.17) is 4.74 Å². The first-order valence-corrected chi connectivity index (χ1v) is 12.2. The fourth-order valence-corrected chi connectivity index (χ4v) is 5.41. The van der Waals surface area contributed by atoms with Crippen LogP contribution in [0, 0.1) is 11.8 Å². The summed E-state index contributed by atoms with van der Waals surface area (Å²) in [6.45, 7) is 2.17. The van der Waals surface area contributed by atoms with Gasteiger partial charge in [0.05, 0.1) is 31.3 Å². The van der Waals surface area contributed by atoms with Gasteiger partial charge in [-0.3, -0.25) is 9.59 Å². The molecule has 2 fully saturated rings. The molecule has 1 aliphatic carbocycles. The molecule has 1 saturated carbocycles. The number of aromatic hydroxyl groups is 1. The van der Waals surface area contributed by atoms with E-state index >= 15 is 0 Å². The number of hydrogen-bond donors (Lipinski definition) is 2. The maximum Gasteiger partial charge on any atom is 0.244 e. The van der Waals surface area contributed by atoms with Crippen molar-refractivity contribution in [3.63, 3.8) is 0 Å². The van der Waals surface area contributed by atoms with E-state index in [0.717, 1.165) is 11.1 Å². The molecule has 7 heteroatoms. The molecule has 0 bridgehead atoms. The zero-order valence-electron chi connectivity index (χ0n) is 19.9. The summed E-state index contributed by atoms with van der Waals surface area (Å²) in [6.07, 6.45) is 1.50. The van der Waals surface area contributed by atoms with Crippen LogP contribution in [0.3, 0.4) is 0 Å². The summed E-state index contributed by atoms with van der Waals surface area (Å²) in [5.41, 5.74) is 5.30. The molecule has 2 aliphatic rings. The van der Waals surface area contributed by atoms with Crippen LogP contribution in [0.5, 0.6) is 5.75 Å². The van der Waals surface area contributed by atoms with Crippen molar-refractivity contribution in [1.82, 2.24) is 10.3 Å². The first-order valence-electron chi connectivity index (χ1n) is 12.2. The lowest BCUT2D eigenvalue weighted by atomic mass is 9.51. The van der Waals surface area contributed by atoms with Crippen LogP contribution < -0.4 is 5.43 Å². The van der Waals surface area contributed by atoms with Gasteiger partial charge in [0, 0.05) is 24.9 Å². The van der Waals surface area contributed by atoms with Crippen molar-refractivity contribution < 1.29 is 19.4 Å². The van der Waals surface area contributed by atoms with Crippen molar-refractivity contribution in [2.75, 3.05) is 26.3 Å². The number of ether oxygens (including phenoxy) is 1. The Morgan fingerprint density at radius 2 is 1.47 bits per heavy atom. The second-order valence-corrected chi connectivity index (χ2v) is 9.19. The van der Waals surface area contributed by atoms with E-state index < -0.39 is 5.92 Å². The van der Waals surface area contributed by atoms with Gasteiger partial charge in [0.15, 0.2) is 0 Å². The molecule has 1 saturated heterocycles. The topological polar surface area (TPSA) is 91.2 Å². The summed E-state index contributed by atoms with van der Waals surface area (Å²) in [4.78, 5) is 29.3. The summed E-state index contributed by atoms with van der Waals surface area (Å²) >= 11 is 0. The van der Waals surface area contributed by atoms with Crippen LogP contribution in [0.25, 0.3) is 0 Å². The molecular formula is C29H29N3O4. The SMILES string of the molecule is O=C(N/N=C\c1cccc(O)c1)C1[C@@H](c2ccccc2)C(C(=O)N2CCOCC2)[C@H]1c1ccccc1. The predicted octanol–water partition coefficient (Wildman–Crippen LogP) is 3.51. The van der Waals surface area contributed by atoms with Crippen LogP contribution in [-0.4, -0.2) is 54.3 Å². The van der Waals surface area contributed by atoms with Gasteiger partial charge < -0.3 is 14.7 Å². The van der Waals surface area contributed by atoms with E-state index in [1.54, 1.807) is 24.3 Å². The Hall–Kier alpha value is -3.97. The van der Waals surface area contributed by atoms with Crippen LogP contribution in [0.15, 0.2) is 90.0 Å². The van der Waals surface area contributed by atoms with E-state index in [-0.39, 0.29) is 35.3 Å². The fraction of sp³-hybridized carbons (Fsp3) is 0.276. The van der Waals surface area contributed by atoms with Crippen molar-refractivity contribution in [2.45, 2.75) is 11.8 Å². The van der Waals surface area contributed by atoms with E-state index in [1.807, 2.05) is 65.6 Å². The van der Waals surface area contributed by atoms with E-state index in [0.29, 0.717) is 31.9 Å². The third-order valence-electron chi connectivity index (χ3n) is 7.09. The van der Waals surface area contributed by atoms with Crippen LogP contribution in [0.2, 0.25) is 0 Å². The number of amides is 2. The van der Waals surface area contributed by atoms with Crippen LogP contribution in [0.1, 0.15) is 28.5 Å². The normalized spacial score (nSPS) is 23.7. The second kappa shape index (κ2) is 10.7. The zero-order chi connectivity index (χ0) is 24.9. The van der Waals surface area contributed by atoms with E-state index in [1.165, 1.54) is 6.21 Å². The van der Waals surface area contributed by atoms with E-state index in [9.17, 15) is 14.7 Å². The first kappa shape index (κ1) is 23.8. The number of carbonyl (C=O) groups is 2. The molecule has 3 aromatic carbocycles. The summed E-state index contributed by atoms with van der Waals surface area (Å²) in [5, 5.41) is 13.8. The van der Waals surface area contributed by atoms with Gasteiger partial charge in [0.25, 0.3) is 0 Å². The molecule has 2 unspecified atom stereocenters. The smallest absolute Gasteiger partial charge is 0.244 e. The van der Waals surface area contributed by atoms with Gasteiger partial charge in [-0.15, -0.1) is 0 Å². The predicted molar refractivity (Wildman–Crippen MR) is 137 cm³/mol. The molecule has 5 rings (SSSR count). The standard InChI is InChI=1S/C29H29N3O4/c33-23-13-7-8-20(18-23)19-30-31-28(34)26-24(21-9-3-1-4-10-21)27(25(26)22-11-5-2-6-12-22)29(35)32-14-16-36-17-15-32/h1-13,18-19,24-27,33H,14-17H2,(H,31,34)/b30-19-/t24-,25+,26?,27?. The Balaban J connectivity index is 1.46. The molecule has 36 heavy (non-hydrogen) atoms. The first-order chi connectivity index (χ1) is 17.6. The molecule has 4 atom stereocenters. The molecule has 184 valence electrons. The number of phenols is 1. The second-order valence-electron chi connectivity index (χ2n) is 9.19. The summed E-state index contributed by atoms with van der Waals surface area (Å²) in [6, 6.07) is 26.2. The van der Waals surface area contributed by atoms with Crippen molar-refractivity contribution in [3.8, 4) is 5.75 Å². The molecule has 7 nitrogen and oxygen atoms in total. The number of nitrogens with zero attached hydrogens (tertiary/aromatic N) is 2. The van der Waals surface area contributed by atoms with Crippen molar-refractivity contribution in [2.24, 2.45) is 16.9 Å². The minimum atomic E-state index is -0.467. The highest BCUT2D eigenvalue weighted by Gasteiger charge is 2.58. The number of phenolic OH excluding ortho intramolecular Hbond substituents is 1. The average molecular weight is 484 g/mol. The molecule has 2 N–H and O–H groups in total.